The Hall–Kier alpha value is -1.26. The predicted molar refractivity (Wildman–Crippen MR) is 57.8 cm³/mol. The minimum Gasteiger partial charge on any atom is -0.481 e. The number of hydrogen-bond donors (Lipinski definition) is 2. The molecule has 0 aromatic carbocycles. The van der Waals surface area contributed by atoms with Gasteiger partial charge in [-0.15, -0.1) is 0 Å². The number of aliphatic hydroxyl groups is 1. The van der Waals surface area contributed by atoms with E-state index in [4.69, 9.17) is 5.53 Å². The number of azide groups is 1. The molecule has 6 nitrogen and oxygen atoms in total. The Labute approximate surface area is 93.9 Å². The highest BCUT2D eigenvalue weighted by atomic mass is 16.4. The van der Waals surface area contributed by atoms with Gasteiger partial charge in [0.15, 0.2) is 0 Å². The Morgan fingerprint density at radius 3 is 2.81 bits per heavy atom. The van der Waals surface area contributed by atoms with Crippen molar-refractivity contribution in [3.8, 4) is 0 Å². The van der Waals surface area contributed by atoms with Crippen LogP contribution in [0.15, 0.2) is 5.11 Å². The number of unbranched alkanes of at least 4 members (excludes halogenated alkanes) is 1. The number of hydrogen-bond acceptors (Lipinski definition) is 3. The number of nitrogens with zero attached hydrogens (tertiary/aromatic N) is 3. The largest absolute Gasteiger partial charge is 0.481 e. The van der Waals surface area contributed by atoms with Gasteiger partial charge < -0.3 is 10.2 Å². The van der Waals surface area contributed by atoms with Crippen molar-refractivity contribution in [1.29, 1.82) is 0 Å². The molecule has 0 heterocycles. The van der Waals surface area contributed by atoms with Gasteiger partial charge in [-0.2, -0.15) is 0 Å². The number of carbonyl (C=O) groups is 1. The van der Waals surface area contributed by atoms with Crippen molar-refractivity contribution in [1.82, 2.24) is 0 Å². The maximum absolute atomic E-state index is 11.2. The fourth-order valence-corrected chi connectivity index (χ4v) is 2.37. The van der Waals surface area contributed by atoms with Crippen molar-refractivity contribution >= 4 is 5.97 Å². The van der Waals surface area contributed by atoms with Gasteiger partial charge in [-0.1, -0.05) is 11.5 Å². The van der Waals surface area contributed by atoms with Crippen LogP contribution in [0.4, 0.5) is 0 Å². The lowest BCUT2D eigenvalue weighted by molar-refractivity contribution is -0.155. The minimum absolute atomic E-state index is 0.391. The molecular formula is C10H17N3O3. The highest BCUT2D eigenvalue weighted by Gasteiger charge is 2.47. The SMILES string of the molecule is [N-]=[N+]=NCCCCC1(C(=O)O)CCCC1O. The molecule has 0 aromatic heterocycles. The number of carboxylic acid groups (broad SMARTS) is 1. The van der Waals surface area contributed by atoms with Crippen LogP contribution in [0.3, 0.4) is 0 Å². The summed E-state index contributed by atoms with van der Waals surface area (Å²) < 4.78 is 0. The zero-order valence-corrected chi connectivity index (χ0v) is 9.17. The average molecular weight is 227 g/mol. The summed E-state index contributed by atoms with van der Waals surface area (Å²) in [5.41, 5.74) is 7.12. The zero-order valence-electron chi connectivity index (χ0n) is 9.17. The highest BCUT2D eigenvalue weighted by molar-refractivity contribution is 5.75. The number of aliphatic hydroxyl groups excluding tert-OH is 1. The van der Waals surface area contributed by atoms with Crippen LogP contribution in [0.2, 0.25) is 0 Å². The van der Waals surface area contributed by atoms with E-state index >= 15 is 0 Å². The monoisotopic (exact) mass is 227 g/mol. The Bertz CT molecular complexity index is 302. The van der Waals surface area contributed by atoms with Crippen molar-refractivity contribution in [2.45, 2.75) is 44.6 Å². The highest BCUT2D eigenvalue weighted by Crippen LogP contribution is 2.42. The molecule has 0 bridgehead atoms. The number of aliphatic carboxylic acids is 1. The first-order valence-electron chi connectivity index (χ1n) is 5.56. The van der Waals surface area contributed by atoms with Gasteiger partial charge in [0.2, 0.25) is 0 Å². The van der Waals surface area contributed by atoms with Crippen LogP contribution in [-0.2, 0) is 4.79 Å². The summed E-state index contributed by atoms with van der Waals surface area (Å²) in [5.74, 6) is -0.902. The molecule has 0 amide bonds. The van der Waals surface area contributed by atoms with Crippen LogP contribution in [0, 0.1) is 5.41 Å². The van der Waals surface area contributed by atoms with E-state index in [-0.39, 0.29) is 0 Å². The normalized spacial score (nSPS) is 28.7. The minimum atomic E-state index is -0.962. The van der Waals surface area contributed by atoms with E-state index in [0.717, 1.165) is 6.42 Å². The first-order chi connectivity index (χ1) is 7.63. The van der Waals surface area contributed by atoms with Crippen LogP contribution in [0.25, 0.3) is 10.4 Å². The van der Waals surface area contributed by atoms with Crippen LogP contribution < -0.4 is 0 Å². The third kappa shape index (κ3) is 2.65. The summed E-state index contributed by atoms with van der Waals surface area (Å²) in [6, 6.07) is 0. The van der Waals surface area contributed by atoms with E-state index in [1.54, 1.807) is 0 Å². The maximum atomic E-state index is 11.2. The molecule has 16 heavy (non-hydrogen) atoms. The average Bonchev–Trinajstić information content (AvgIpc) is 2.61. The van der Waals surface area contributed by atoms with Crippen LogP contribution in [-0.4, -0.2) is 28.8 Å². The molecule has 1 fully saturated rings. The molecule has 1 saturated carbocycles. The lowest BCUT2D eigenvalue weighted by Gasteiger charge is -2.27. The van der Waals surface area contributed by atoms with E-state index in [1.807, 2.05) is 0 Å². The first-order valence-corrected chi connectivity index (χ1v) is 5.56. The molecule has 0 aliphatic heterocycles. The molecule has 0 saturated heterocycles. The molecule has 2 unspecified atom stereocenters. The standard InChI is InChI=1S/C10H17N3O3/c11-13-12-7-2-1-5-10(9(15)16)6-3-4-8(10)14/h8,14H,1-7H2,(H,15,16). The predicted octanol–water partition coefficient (Wildman–Crippen LogP) is 2.08. The van der Waals surface area contributed by atoms with Crippen molar-refractivity contribution in [2.24, 2.45) is 10.5 Å². The Kier molecular flexibility index (Phi) is 4.58. The van der Waals surface area contributed by atoms with Crippen LogP contribution >= 0.6 is 0 Å². The summed E-state index contributed by atoms with van der Waals surface area (Å²) in [5, 5.41) is 22.3. The van der Waals surface area contributed by atoms with Gasteiger partial charge in [-0.3, -0.25) is 4.79 Å². The Morgan fingerprint density at radius 1 is 1.56 bits per heavy atom. The van der Waals surface area contributed by atoms with Gasteiger partial charge in [0.05, 0.1) is 11.5 Å². The maximum Gasteiger partial charge on any atom is 0.312 e. The molecule has 1 aliphatic rings. The van der Waals surface area contributed by atoms with Gasteiger partial charge in [-0.05, 0) is 37.6 Å². The molecule has 0 spiro atoms. The topological polar surface area (TPSA) is 106 Å². The molecular weight excluding hydrogens is 210 g/mol. The third-order valence-corrected chi connectivity index (χ3v) is 3.36. The van der Waals surface area contributed by atoms with Gasteiger partial charge in [0.25, 0.3) is 0 Å². The fraction of sp³-hybridized carbons (Fsp3) is 0.900. The summed E-state index contributed by atoms with van der Waals surface area (Å²) in [7, 11) is 0. The van der Waals surface area contributed by atoms with Gasteiger partial charge in [-0.25, -0.2) is 0 Å². The van der Waals surface area contributed by atoms with E-state index < -0.39 is 17.5 Å². The van der Waals surface area contributed by atoms with E-state index in [0.29, 0.717) is 38.6 Å². The summed E-state index contributed by atoms with van der Waals surface area (Å²) in [6.45, 7) is 0.391. The van der Waals surface area contributed by atoms with Gasteiger partial charge in [0.1, 0.15) is 0 Å². The third-order valence-electron chi connectivity index (χ3n) is 3.36. The van der Waals surface area contributed by atoms with Crippen molar-refractivity contribution < 1.29 is 15.0 Å². The quantitative estimate of drug-likeness (QED) is 0.314. The van der Waals surface area contributed by atoms with E-state index in [9.17, 15) is 15.0 Å². The second-order valence-corrected chi connectivity index (χ2v) is 4.28. The zero-order chi connectivity index (χ0) is 12.0. The summed E-state index contributed by atoms with van der Waals surface area (Å²) in [6.07, 6.45) is 2.96. The second-order valence-electron chi connectivity index (χ2n) is 4.28. The Morgan fingerprint density at radius 2 is 2.31 bits per heavy atom. The Balaban J connectivity index is 2.46. The van der Waals surface area contributed by atoms with Crippen molar-refractivity contribution in [2.75, 3.05) is 6.54 Å². The molecule has 0 aromatic rings. The van der Waals surface area contributed by atoms with Crippen LogP contribution in [0.5, 0.6) is 0 Å². The molecule has 2 atom stereocenters. The summed E-state index contributed by atoms with van der Waals surface area (Å²) in [4.78, 5) is 13.8. The molecule has 1 aliphatic carbocycles. The van der Waals surface area contributed by atoms with Crippen molar-refractivity contribution in [3.05, 3.63) is 10.4 Å². The van der Waals surface area contributed by atoms with Gasteiger partial charge in [0, 0.05) is 11.5 Å². The molecule has 1 rings (SSSR count). The molecule has 0 radical (unpaired) electrons. The summed E-state index contributed by atoms with van der Waals surface area (Å²) >= 11 is 0. The fourth-order valence-electron chi connectivity index (χ4n) is 2.37. The van der Waals surface area contributed by atoms with E-state index in [1.165, 1.54) is 0 Å². The molecule has 6 heteroatoms. The van der Waals surface area contributed by atoms with Crippen LogP contribution in [0.1, 0.15) is 38.5 Å². The second kappa shape index (κ2) is 5.72. The molecule has 2 N–H and O–H groups in total. The van der Waals surface area contributed by atoms with E-state index in [2.05, 4.69) is 10.0 Å². The lowest BCUT2D eigenvalue weighted by atomic mass is 9.79. The van der Waals surface area contributed by atoms with Gasteiger partial charge >= 0.3 is 5.97 Å². The number of rotatable bonds is 6. The smallest absolute Gasteiger partial charge is 0.312 e. The van der Waals surface area contributed by atoms with Crippen molar-refractivity contribution in [3.63, 3.8) is 0 Å². The molecule has 90 valence electrons. The first kappa shape index (κ1) is 12.8. The lowest BCUT2D eigenvalue weighted by Crippen LogP contribution is -2.38. The number of carboxylic acids is 1.